The van der Waals surface area contributed by atoms with Crippen molar-refractivity contribution in [3.05, 3.63) is 111 Å². The van der Waals surface area contributed by atoms with Gasteiger partial charge in [-0.25, -0.2) is 0 Å². The van der Waals surface area contributed by atoms with Crippen LogP contribution in [0.4, 0.5) is 5.69 Å². The molecule has 1 amide bonds. The average molecular weight is 439 g/mol. The van der Waals surface area contributed by atoms with Crippen molar-refractivity contribution >= 4 is 28.3 Å². The lowest BCUT2D eigenvalue weighted by Crippen LogP contribution is -2.24. The number of benzene rings is 3. The summed E-state index contributed by atoms with van der Waals surface area (Å²) in [5.74, 6) is -0.591. The van der Waals surface area contributed by atoms with Gasteiger partial charge in [0, 0.05) is 22.8 Å². The summed E-state index contributed by atoms with van der Waals surface area (Å²) in [6.45, 7) is 5.88. The fourth-order valence-electron chi connectivity index (χ4n) is 3.84. The molecule has 0 aliphatic rings. The van der Waals surface area contributed by atoms with Crippen molar-refractivity contribution in [2.24, 2.45) is 0 Å². The first-order valence-electron chi connectivity index (χ1n) is 11.0. The Labute approximate surface area is 192 Å². The summed E-state index contributed by atoms with van der Waals surface area (Å²) in [5.41, 5.74) is 4.61. The van der Waals surface area contributed by atoms with Crippen molar-refractivity contribution < 1.29 is 9.59 Å². The number of amides is 1. The quantitative estimate of drug-likeness (QED) is 0.428. The summed E-state index contributed by atoms with van der Waals surface area (Å²) < 4.78 is 1.67. The number of aryl methyl sites for hydroxylation is 3. The van der Waals surface area contributed by atoms with Gasteiger partial charge in [0.1, 0.15) is 6.54 Å². The Morgan fingerprint density at radius 1 is 0.879 bits per heavy atom. The third kappa shape index (κ3) is 4.77. The van der Waals surface area contributed by atoms with Crippen LogP contribution in [0.1, 0.15) is 39.5 Å². The first kappa shape index (κ1) is 22.2. The van der Waals surface area contributed by atoms with Crippen LogP contribution in [0.25, 0.3) is 10.9 Å². The van der Waals surface area contributed by atoms with Crippen LogP contribution in [-0.2, 0) is 17.8 Å². The zero-order valence-corrected chi connectivity index (χ0v) is 19.0. The van der Waals surface area contributed by atoms with Crippen LogP contribution in [-0.4, -0.2) is 16.3 Å². The second-order valence-electron chi connectivity index (χ2n) is 8.31. The molecule has 5 heteroatoms. The first-order valence-corrected chi connectivity index (χ1v) is 11.0. The van der Waals surface area contributed by atoms with E-state index in [0.717, 1.165) is 17.5 Å². The first-order chi connectivity index (χ1) is 15.9. The van der Waals surface area contributed by atoms with Gasteiger partial charge < -0.3 is 9.88 Å². The van der Waals surface area contributed by atoms with E-state index in [4.69, 9.17) is 0 Å². The molecule has 0 saturated carbocycles. The summed E-state index contributed by atoms with van der Waals surface area (Å²) >= 11 is 0. The number of carbonyl (C=O) groups excluding carboxylic acids is 2. The second-order valence-corrected chi connectivity index (χ2v) is 8.31. The molecule has 0 aliphatic carbocycles. The topological polar surface area (TPSA) is 68.2 Å². The summed E-state index contributed by atoms with van der Waals surface area (Å²) in [6, 6.07) is 20.3. The van der Waals surface area contributed by atoms with E-state index in [0.29, 0.717) is 22.2 Å². The summed E-state index contributed by atoms with van der Waals surface area (Å²) in [4.78, 5) is 39.2. The van der Waals surface area contributed by atoms with E-state index in [1.165, 1.54) is 11.8 Å². The van der Waals surface area contributed by atoms with Crippen LogP contribution < -0.4 is 10.7 Å². The minimum Gasteiger partial charge on any atom is -0.337 e. The van der Waals surface area contributed by atoms with Crippen molar-refractivity contribution in [1.29, 1.82) is 0 Å². The molecule has 0 spiro atoms. The molecular weight excluding hydrogens is 412 g/mol. The summed E-state index contributed by atoms with van der Waals surface area (Å²) in [6.07, 6.45) is 2.43. The average Bonchev–Trinajstić information content (AvgIpc) is 2.81. The minimum atomic E-state index is -0.354. The number of anilines is 1. The Hall–Kier alpha value is -3.99. The van der Waals surface area contributed by atoms with Gasteiger partial charge in [0.25, 0.3) is 0 Å². The van der Waals surface area contributed by atoms with E-state index in [1.54, 1.807) is 22.8 Å². The van der Waals surface area contributed by atoms with Gasteiger partial charge in [0.05, 0.1) is 11.1 Å². The molecule has 0 unspecified atom stereocenters. The van der Waals surface area contributed by atoms with Crippen molar-refractivity contribution in [3.63, 3.8) is 0 Å². The monoisotopic (exact) mass is 438 g/mol. The molecule has 0 radical (unpaired) electrons. The third-order valence-electron chi connectivity index (χ3n) is 5.75. The smallest absolute Gasteiger partial charge is 0.244 e. The SMILES string of the molecule is CCc1ccc(NC(=O)Cn2cc(C(=O)c3ccc(C)cc3)c(=O)c3cc(C)ccc32)cc1. The number of carbonyl (C=O) groups is 2. The number of nitrogens with zero attached hydrogens (tertiary/aromatic N) is 1. The van der Waals surface area contributed by atoms with Crippen molar-refractivity contribution in [2.75, 3.05) is 5.32 Å². The molecule has 4 rings (SSSR count). The summed E-state index contributed by atoms with van der Waals surface area (Å²) in [7, 11) is 0. The molecule has 0 aliphatic heterocycles. The summed E-state index contributed by atoms with van der Waals surface area (Å²) in [5, 5.41) is 3.32. The van der Waals surface area contributed by atoms with E-state index in [2.05, 4.69) is 12.2 Å². The van der Waals surface area contributed by atoms with Crippen LogP contribution >= 0.6 is 0 Å². The Balaban J connectivity index is 1.72. The number of hydrogen-bond donors (Lipinski definition) is 1. The fourth-order valence-corrected chi connectivity index (χ4v) is 3.84. The van der Waals surface area contributed by atoms with Gasteiger partial charge in [-0.15, -0.1) is 0 Å². The Morgan fingerprint density at radius 2 is 1.55 bits per heavy atom. The van der Waals surface area contributed by atoms with Crippen molar-refractivity contribution in [3.8, 4) is 0 Å². The number of nitrogens with one attached hydrogen (secondary N) is 1. The lowest BCUT2D eigenvalue weighted by Gasteiger charge is -2.14. The largest absolute Gasteiger partial charge is 0.337 e. The molecule has 0 bridgehead atoms. The van der Waals surface area contributed by atoms with Crippen molar-refractivity contribution in [2.45, 2.75) is 33.7 Å². The normalized spacial score (nSPS) is 10.9. The van der Waals surface area contributed by atoms with Gasteiger partial charge in [0.2, 0.25) is 11.3 Å². The molecule has 0 fully saturated rings. The highest BCUT2D eigenvalue weighted by Gasteiger charge is 2.18. The van der Waals surface area contributed by atoms with Gasteiger partial charge in [-0.1, -0.05) is 60.5 Å². The third-order valence-corrected chi connectivity index (χ3v) is 5.75. The molecular formula is C28H26N2O3. The number of pyridine rings is 1. The Morgan fingerprint density at radius 3 is 2.21 bits per heavy atom. The van der Waals surface area contributed by atoms with Crippen LogP contribution in [0.5, 0.6) is 0 Å². The molecule has 1 heterocycles. The van der Waals surface area contributed by atoms with E-state index < -0.39 is 0 Å². The van der Waals surface area contributed by atoms with Gasteiger partial charge in [-0.3, -0.25) is 14.4 Å². The van der Waals surface area contributed by atoms with Crippen LogP contribution in [0.3, 0.4) is 0 Å². The highest BCUT2D eigenvalue weighted by atomic mass is 16.2. The molecule has 166 valence electrons. The van der Waals surface area contributed by atoms with E-state index >= 15 is 0 Å². The number of fused-ring (bicyclic) bond motifs is 1. The van der Waals surface area contributed by atoms with Gasteiger partial charge in [-0.2, -0.15) is 0 Å². The predicted molar refractivity (Wildman–Crippen MR) is 132 cm³/mol. The number of hydrogen-bond acceptors (Lipinski definition) is 3. The standard InChI is InChI=1S/C28H26N2O3/c1-4-20-8-12-22(13-9-20)29-26(31)17-30-16-24(27(32)21-10-5-18(2)6-11-21)28(33)23-15-19(3)7-14-25(23)30/h5-16H,4,17H2,1-3H3,(H,29,31). The highest BCUT2D eigenvalue weighted by Crippen LogP contribution is 2.17. The van der Waals surface area contributed by atoms with Crippen molar-refractivity contribution in [1.82, 2.24) is 4.57 Å². The Kier molecular flexibility index (Phi) is 6.22. The maximum Gasteiger partial charge on any atom is 0.244 e. The number of rotatable bonds is 6. The lowest BCUT2D eigenvalue weighted by molar-refractivity contribution is -0.116. The van der Waals surface area contributed by atoms with E-state index in [-0.39, 0.29) is 29.2 Å². The molecule has 1 aromatic heterocycles. The number of ketones is 1. The molecule has 0 atom stereocenters. The maximum atomic E-state index is 13.2. The van der Waals surface area contributed by atoms with Gasteiger partial charge in [-0.05, 0) is 50.1 Å². The fraction of sp³-hybridized carbons (Fsp3) is 0.179. The molecule has 33 heavy (non-hydrogen) atoms. The zero-order chi connectivity index (χ0) is 23.5. The molecule has 5 nitrogen and oxygen atoms in total. The Bertz CT molecular complexity index is 1400. The van der Waals surface area contributed by atoms with Gasteiger partial charge >= 0.3 is 0 Å². The molecule has 1 N–H and O–H groups in total. The maximum absolute atomic E-state index is 13.2. The van der Waals surface area contributed by atoms with Gasteiger partial charge in [0.15, 0.2) is 5.78 Å². The molecule has 3 aromatic carbocycles. The van der Waals surface area contributed by atoms with Crippen LogP contribution in [0, 0.1) is 13.8 Å². The predicted octanol–water partition coefficient (Wildman–Crippen LogP) is 5.05. The molecule has 0 saturated heterocycles. The van der Waals surface area contributed by atoms with Crippen LogP contribution in [0.2, 0.25) is 0 Å². The van der Waals surface area contributed by atoms with E-state index in [1.807, 2.05) is 62.4 Å². The zero-order valence-electron chi connectivity index (χ0n) is 19.0. The highest BCUT2D eigenvalue weighted by molar-refractivity contribution is 6.10. The minimum absolute atomic E-state index is 0.0243. The van der Waals surface area contributed by atoms with E-state index in [9.17, 15) is 14.4 Å². The second kappa shape index (κ2) is 9.25. The van der Waals surface area contributed by atoms with Crippen LogP contribution in [0.15, 0.2) is 77.7 Å². The number of aromatic nitrogens is 1. The molecule has 4 aromatic rings. The lowest BCUT2D eigenvalue weighted by atomic mass is 10.0.